The van der Waals surface area contributed by atoms with Gasteiger partial charge in [0.1, 0.15) is 12.0 Å². The normalized spacial score (nSPS) is 11.5. The Kier molecular flexibility index (Phi) is 5.60. The van der Waals surface area contributed by atoms with Crippen LogP contribution in [0.1, 0.15) is 46.1 Å². The van der Waals surface area contributed by atoms with Crippen LogP contribution in [0, 0.1) is 5.92 Å². The summed E-state index contributed by atoms with van der Waals surface area (Å²) in [5.74, 6) is 0.943. The monoisotopic (exact) mass is 328 g/mol. The number of ether oxygens (including phenoxy) is 1. The lowest BCUT2D eigenvalue weighted by Gasteiger charge is -2.24. The van der Waals surface area contributed by atoms with Gasteiger partial charge in [-0.2, -0.15) is 0 Å². The summed E-state index contributed by atoms with van der Waals surface area (Å²) in [5, 5.41) is 0. The lowest BCUT2D eigenvalue weighted by Crippen LogP contribution is -2.29. The van der Waals surface area contributed by atoms with E-state index >= 15 is 0 Å². The second-order valence-corrected chi connectivity index (χ2v) is 6.93. The van der Waals surface area contributed by atoms with Crippen LogP contribution in [0.5, 0.6) is 5.95 Å². The summed E-state index contributed by atoms with van der Waals surface area (Å²) in [6, 6.07) is 9.48. The molecular weight excluding hydrogens is 304 g/mol. The Morgan fingerprint density at radius 2 is 1.88 bits per heavy atom. The van der Waals surface area contributed by atoms with Crippen LogP contribution in [0.2, 0.25) is 0 Å². The summed E-state index contributed by atoms with van der Waals surface area (Å²) in [6.45, 7) is 8.53. The number of hydrogen-bond acceptors (Lipinski definition) is 4. The first-order chi connectivity index (χ1) is 11.3. The SMILES string of the molecule is CC(C)CCC(=O)C(C)(C)c1ccc(-c2coc(OC=O)c2)cc1. The zero-order chi connectivity index (χ0) is 17.7. The third-order valence-corrected chi connectivity index (χ3v) is 4.33. The Balaban J connectivity index is 2.15. The molecule has 4 nitrogen and oxygen atoms in total. The average molecular weight is 328 g/mol. The van der Waals surface area contributed by atoms with Gasteiger partial charge < -0.3 is 9.15 Å². The maximum absolute atomic E-state index is 12.5. The van der Waals surface area contributed by atoms with Gasteiger partial charge in [0.15, 0.2) is 0 Å². The van der Waals surface area contributed by atoms with Crippen molar-refractivity contribution in [3.05, 3.63) is 42.2 Å². The number of rotatable bonds is 8. The van der Waals surface area contributed by atoms with Crippen LogP contribution in [0.15, 0.2) is 41.0 Å². The van der Waals surface area contributed by atoms with Crippen molar-refractivity contribution in [3.8, 4) is 17.1 Å². The van der Waals surface area contributed by atoms with Crippen molar-refractivity contribution < 1.29 is 18.7 Å². The molecule has 0 spiro atoms. The van der Waals surface area contributed by atoms with E-state index in [4.69, 9.17) is 4.42 Å². The van der Waals surface area contributed by atoms with E-state index in [9.17, 15) is 9.59 Å². The number of carbonyl (C=O) groups is 2. The zero-order valence-corrected chi connectivity index (χ0v) is 14.7. The number of benzene rings is 1. The Morgan fingerprint density at radius 1 is 1.21 bits per heavy atom. The lowest BCUT2D eigenvalue weighted by atomic mass is 9.78. The van der Waals surface area contributed by atoms with Gasteiger partial charge in [0, 0.05) is 23.5 Å². The van der Waals surface area contributed by atoms with Gasteiger partial charge in [0.2, 0.25) is 0 Å². The summed E-state index contributed by atoms with van der Waals surface area (Å²) in [4.78, 5) is 22.9. The Labute approximate surface area is 142 Å². The molecule has 24 heavy (non-hydrogen) atoms. The van der Waals surface area contributed by atoms with Gasteiger partial charge >= 0.3 is 6.47 Å². The van der Waals surface area contributed by atoms with Crippen LogP contribution >= 0.6 is 0 Å². The Bertz CT molecular complexity index is 693. The highest BCUT2D eigenvalue weighted by molar-refractivity contribution is 5.89. The number of carbonyl (C=O) groups excluding carboxylic acids is 2. The van der Waals surface area contributed by atoms with Crippen molar-refractivity contribution in [2.24, 2.45) is 5.92 Å². The number of hydrogen-bond donors (Lipinski definition) is 0. The smallest absolute Gasteiger partial charge is 0.300 e. The molecule has 0 N–H and O–H groups in total. The second kappa shape index (κ2) is 7.47. The molecule has 128 valence electrons. The molecule has 2 aromatic rings. The molecule has 0 saturated carbocycles. The molecular formula is C20H24O4. The topological polar surface area (TPSA) is 56.5 Å². The fourth-order valence-electron chi connectivity index (χ4n) is 2.55. The predicted molar refractivity (Wildman–Crippen MR) is 92.9 cm³/mol. The largest absolute Gasteiger partial charge is 0.433 e. The van der Waals surface area contributed by atoms with Gasteiger partial charge in [-0.25, -0.2) is 0 Å². The van der Waals surface area contributed by atoms with Crippen LogP contribution in [0.3, 0.4) is 0 Å². The van der Waals surface area contributed by atoms with E-state index in [1.165, 1.54) is 6.26 Å². The fraction of sp³-hybridized carbons (Fsp3) is 0.400. The number of Topliss-reactive ketones (excluding diaryl/α,β-unsaturated/α-hetero) is 1. The minimum Gasteiger partial charge on any atom is -0.433 e. The first-order valence-corrected chi connectivity index (χ1v) is 8.17. The highest BCUT2D eigenvalue weighted by Crippen LogP contribution is 2.31. The van der Waals surface area contributed by atoms with Gasteiger partial charge in [0.25, 0.3) is 5.95 Å². The van der Waals surface area contributed by atoms with E-state index < -0.39 is 5.41 Å². The maximum Gasteiger partial charge on any atom is 0.300 e. The van der Waals surface area contributed by atoms with Crippen molar-refractivity contribution >= 4 is 12.3 Å². The third kappa shape index (κ3) is 4.13. The fourth-order valence-corrected chi connectivity index (χ4v) is 2.55. The van der Waals surface area contributed by atoms with Crippen LogP contribution in [-0.4, -0.2) is 12.3 Å². The van der Waals surface area contributed by atoms with Gasteiger partial charge in [0.05, 0.1) is 0 Å². The third-order valence-electron chi connectivity index (χ3n) is 4.33. The number of furan rings is 1. The van der Waals surface area contributed by atoms with E-state index in [2.05, 4.69) is 18.6 Å². The maximum atomic E-state index is 12.5. The molecule has 0 radical (unpaired) electrons. The van der Waals surface area contributed by atoms with Gasteiger partial charge in [-0.05, 0) is 37.3 Å². The van der Waals surface area contributed by atoms with Gasteiger partial charge in [-0.1, -0.05) is 38.1 Å². The molecule has 0 bridgehead atoms. The van der Waals surface area contributed by atoms with E-state index in [1.807, 2.05) is 38.1 Å². The number of ketones is 1. The highest BCUT2D eigenvalue weighted by atomic mass is 16.6. The first kappa shape index (κ1) is 18.0. The minimum atomic E-state index is -0.504. The van der Waals surface area contributed by atoms with E-state index in [0.29, 0.717) is 18.8 Å². The van der Waals surface area contributed by atoms with Crippen LogP contribution in [0.4, 0.5) is 0 Å². The van der Waals surface area contributed by atoms with Crippen molar-refractivity contribution in [1.82, 2.24) is 0 Å². The molecule has 0 atom stereocenters. The molecule has 0 aliphatic heterocycles. The van der Waals surface area contributed by atoms with Crippen LogP contribution < -0.4 is 4.74 Å². The molecule has 1 aromatic carbocycles. The average Bonchev–Trinajstić information content (AvgIpc) is 3.01. The molecule has 0 amide bonds. The molecule has 1 aromatic heterocycles. The molecule has 4 heteroatoms. The van der Waals surface area contributed by atoms with Crippen molar-refractivity contribution in [2.45, 2.75) is 46.0 Å². The molecule has 2 rings (SSSR count). The summed E-state index contributed by atoms with van der Waals surface area (Å²) in [6.07, 6.45) is 3.04. The van der Waals surface area contributed by atoms with Crippen molar-refractivity contribution in [1.29, 1.82) is 0 Å². The van der Waals surface area contributed by atoms with Gasteiger partial charge in [-0.15, -0.1) is 0 Å². The summed E-state index contributed by atoms with van der Waals surface area (Å²) < 4.78 is 9.81. The van der Waals surface area contributed by atoms with Crippen molar-refractivity contribution in [3.63, 3.8) is 0 Å². The summed E-state index contributed by atoms with van der Waals surface area (Å²) >= 11 is 0. The molecule has 1 heterocycles. The molecule has 0 unspecified atom stereocenters. The standard InChI is InChI=1S/C20H24O4/c1-14(2)5-10-18(22)20(3,4)17-8-6-15(7-9-17)16-11-19(23-12-16)24-13-21/h6-9,11-14H,5,10H2,1-4H3. The molecule has 0 aliphatic carbocycles. The van der Waals surface area contributed by atoms with Gasteiger partial charge in [-0.3, -0.25) is 9.59 Å². The van der Waals surface area contributed by atoms with Crippen molar-refractivity contribution in [2.75, 3.05) is 0 Å². The first-order valence-electron chi connectivity index (χ1n) is 8.17. The highest BCUT2D eigenvalue weighted by Gasteiger charge is 2.29. The Hall–Kier alpha value is -2.36. The Morgan fingerprint density at radius 3 is 2.46 bits per heavy atom. The quantitative estimate of drug-likeness (QED) is 0.655. The second-order valence-electron chi connectivity index (χ2n) is 6.93. The van der Waals surface area contributed by atoms with E-state index in [-0.39, 0.29) is 11.7 Å². The molecule has 0 saturated heterocycles. The lowest BCUT2D eigenvalue weighted by molar-refractivity contribution is -0.124. The molecule has 0 fully saturated rings. The van der Waals surface area contributed by atoms with Crippen LogP contribution in [0.25, 0.3) is 11.1 Å². The van der Waals surface area contributed by atoms with E-state index in [1.54, 1.807) is 6.07 Å². The summed E-state index contributed by atoms with van der Waals surface area (Å²) in [7, 11) is 0. The van der Waals surface area contributed by atoms with Crippen LogP contribution in [-0.2, 0) is 15.0 Å². The predicted octanol–water partition coefficient (Wildman–Crippen LogP) is 4.76. The zero-order valence-electron chi connectivity index (χ0n) is 14.7. The van der Waals surface area contributed by atoms with E-state index in [0.717, 1.165) is 23.1 Å². The molecule has 0 aliphatic rings. The minimum absolute atomic E-state index is 0.160. The summed E-state index contributed by atoms with van der Waals surface area (Å²) in [5.41, 5.74) is 2.25.